The number of benzene rings is 2. The molecule has 13 heteroatoms. The molecular formula is C42H52N6O7. The molecule has 13 nitrogen and oxygen atoms in total. The van der Waals surface area contributed by atoms with Gasteiger partial charge in [-0.15, -0.1) is 0 Å². The molecule has 292 valence electrons. The number of amides is 5. The Balaban J connectivity index is 1.38. The lowest BCUT2D eigenvalue weighted by Crippen LogP contribution is -2.58. The highest BCUT2D eigenvalue weighted by Gasteiger charge is 2.33. The zero-order valence-corrected chi connectivity index (χ0v) is 32.0. The summed E-state index contributed by atoms with van der Waals surface area (Å²) < 4.78 is 5.35. The number of hydrogen-bond donors (Lipinski definition) is 5. The third-order valence-electron chi connectivity index (χ3n) is 9.15. The van der Waals surface area contributed by atoms with Gasteiger partial charge in [0.15, 0.2) is 0 Å². The van der Waals surface area contributed by atoms with Crippen molar-refractivity contribution in [3.05, 3.63) is 102 Å². The van der Waals surface area contributed by atoms with Crippen LogP contribution in [-0.4, -0.2) is 71.2 Å². The predicted octanol–water partition coefficient (Wildman–Crippen LogP) is 3.85. The number of nitrogens with zero attached hydrogens (tertiary/aromatic N) is 1. The second-order valence-corrected chi connectivity index (χ2v) is 14.5. The molecule has 5 amide bonds. The molecule has 1 saturated heterocycles. The second kappa shape index (κ2) is 20.6. The van der Waals surface area contributed by atoms with Crippen molar-refractivity contribution < 1.29 is 33.5 Å². The van der Waals surface area contributed by atoms with Gasteiger partial charge in [-0.3, -0.25) is 29.0 Å². The molecule has 1 aliphatic heterocycles. The first-order valence-electron chi connectivity index (χ1n) is 18.7. The average molecular weight is 753 g/mol. The van der Waals surface area contributed by atoms with Crippen molar-refractivity contribution in [1.82, 2.24) is 31.6 Å². The Labute approximate surface area is 322 Å². The number of ether oxygens (including phenoxy) is 1. The van der Waals surface area contributed by atoms with Gasteiger partial charge >= 0.3 is 5.97 Å². The average Bonchev–Trinajstić information content (AvgIpc) is 3.58. The van der Waals surface area contributed by atoms with Crippen molar-refractivity contribution in [2.45, 2.75) is 84.7 Å². The fourth-order valence-electron chi connectivity index (χ4n) is 6.07. The van der Waals surface area contributed by atoms with Crippen LogP contribution in [0.4, 0.5) is 0 Å². The van der Waals surface area contributed by atoms with E-state index in [1.54, 1.807) is 44.3 Å². The van der Waals surface area contributed by atoms with Gasteiger partial charge in [-0.1, -0.05) is 82.3 Å². The van der Waals surface area contributed by atoms with Crippen molar-refractivity contribution in [2.24, 2.45) is 17.8 Å². The van der Waals surface area contributed by atoms with Gasteiger partial charge in [-0.05, 0) is 67.9 Å². The maximum atomic E-state index is 13.8. The Morgan fingerprint density at radius 2 is 1.55 bits per heavy atom. The SMILES string of the molecule is CC(C)C[C@H](NC(=O)[C@@H](NC(=O)[C@H](C)NC(=O)c1ccc(-c2ccccn2)cc1)C(C)C)C(=O)N[C@H](/C=C/C(=O)OCc1ccccc1)C[C@@H]1CCNC1=O. The zero-order chi connectivity index (χ0) is 39.9. The summed E-state index contributed by atoms with van der Waals surface area (Å²) in [6, 6.07) is 17.9. The second-order valence-electron chi connectivity index (χ2n) is 14.5. The van der Waals surface area contributed by atoms with E-state index < -0.39 is 53.8 Å². The Morgan fingerprint density at radius 1 is 0.836 bits per heavy atom. The van der Waals surface area contributed by atoms with Crippen LogP contribution in [0.2, 0.25) is 0 Å². The molecule has 4 rings (SSSR count). The number of rotatable bonds is 18. The van der Waals surface area contributed by atoms with Crippen LogP contribution in [0.3, 0.4) is 0 Å². The standard InChI is InChI=1S/C42H52N6O7/c1-26(2)23-35(41(53)46-33(24-32-20-22-44-39(32)51)18-19-36(49)55-25-29-11-7-6-8-12-29)47-42(54)37(27(3)4)48-38(50)28(5)45-40(52)31-16-14-30(15-17-31)34-13-9-10-21-43-34/h6-19,21,26-28,32-33,35,37H,20,22-25H2,1-5H3,(H,44,51)(H,45,52)(H,46,53)(H,47,54)(H,48,50)/b19-18+/t28-,32-,33+,35-,37-/m0/s1. The first kappa shape index (κ1) is 41.9. The monoisotopic (exact) mass is 752 g/mol. The normalized spacial score (nSPS) is 16.1. The summed E-state index contributed by atoms with van der Waals surface area (Å²) in [4.78, 5) is 83.1. The summed E-state index contributed by atoms with van der Waals surface area (Å²) >= 11 is 0. The first-order valence-corrected chi connectivity index (χ1v) is 18.7. The van der Waals surface area contributed by atoms with Crippen LogP contribution in [0, 0.1) is 17.8 Å². The molecule has 1 aromatic heterocycles. The van der Waals surface area contributed by atoms with E-state index in [0.29, 0.717) is 18.5 Å². The van der Waals surface area contributed by atoms with Crippen LogP contribution in [0.1, 0.15) is 69.8 Å². The highest BCUT2D eigenvalue weighted by molar-refractivity contribution is 5.99. The zero-order valence-electron chi connectivity index (χ0n) is 32.0. The summed E-state index contributed by atoms with van der Waals surface area (Å²) in [5.41, 5.74) is 2.78. The molecule has 0 aliphatic carbocycles. The molecule has 0 bridgehead atoms. The van der Waals surface area contributed by atoms with Crippen LogP contribution in [0.15, 0.2) is 91.1 Å². The molecule has 0 unspecified atom stereocenters. The van der Waals surface area contributed by atoms with Gasteiger partial charge in [0.1, 0.15) is 24.7 Å². The van der Waals surface area contributed by atoms with Crippen LogP contribution >= 0.6 is 0 Å². The van der Waals surface area contributed by atoms with Crippen molar-refractivity contribution >= 4 is 35.5 Å². The molecule has 1 fully saturated rings. The molecule has 5 atom stereocenters. The van der Waals surface area contributed by atoms with Gasteiger partial charge < -0.3 is 31.3 Å². The first-order chi connectivity index (χ1) is 26.3. The number of carbonyl (C=O) groups excluding carboxylic acids is 6. The molecular weight excluding hydrogens is 700 g/mol. The molecule has 0 saturated carbocycles. The van der Waals surface area contributed by atoms with E-state index in [1.807, 2.05) is 62.4 Å². The highest BCUT2D eigenvalue weighted by atomic mass is 16.5. The predicted molar refractivity (Wildman–Crippen MR) is 208 cm³/mol. The van der Waals surface area contributed by atoms with Gasteiger partial charge in [0.25, 0.3) is 5.91 Å². The molecule has 5 N–H and O–H groups in total. The van der Waals surface area contributed by atoms with E-state index >= 15 is 0 Å². The van der Waals surface area contributed by atoms with Gasteiger partial charge in [0.2, 0.25) is 23.6 Å². The molecule has 2 aromatic carbocycles. The maximum Gasteiger partial charge on any atom is 0.330 e. The van der Waals surface area contributed by atoms with Crippen molar-refractivity contribution in [3.8, 4) is 11.3 Å². The van der Waals surface area contributed by atoms with Gasteiger partial charge in [-0.25, -0.2) is 4.79 Å². The number of esters is 1. The largest absolute Gasteiger partial charge is 0.458 e. The lowest BCUT2D eigenvalue weighted by molar-refractivity contribution is -0.139. The minimum atomic E-state index is -1.02. The number of nitrogens with one attached hydrogen (secondary N) is 5. The fraction of sp³-hybridized carbons (Fsp3) is 0.405. The molecule has 1 aliphatic rings. The third kappa shape index (κ3) is 13.2. The van der Waals surface area contributed by atoms with E-state index in [0.717, 1.165) is 16.8 Å². The van der Waals surface area contributed by atoms with Crippen molar-refractivity contribution in [1.29, 1.82) is 0 Å². The topological polar surface area (TPSA) is 185 Å². The lowest BCUT2D eigenvalue weighted by atomic mass is 9.96. The van der Waals surface area contributed by atoms with Crippen LogP contribution in [-0.2, 0) is 35.3 Å². The highest BCUT2D eigenvalue weighted by Crippen LogP contribution is 2.19. The van der Waals surface area contributed by atoms with Crippen molar-refractivity contribution in [3.63, 3.8) is 0 Å². The summed E-state index contributed by atoms with van der Waals surface area (Å²) in [6.45, 7) is 9.46. The maximum absolute atomic E-state index is 13.8. The Bertz CT molecular complexity index is 1800. The number of carbonyl (C=O) groups is 6. The number of aromatic nitrogens is 1. The number of pyridine rings is 1. The van der Waals surface area contributed by atoms with E-state index in [4.69, 9.17) is 4.74 Å². The fourth-order valence-corrected chi connectivity index (χ4v) is 6.07. The summed E-state index contributed by atoms with van der Waals surface area (Å²) in [5, 5.41) is 13.9. The lowest BCUT2D eigenvalue weighted by Gasteiger charge is -2.28. The van der Waals surface area contributed by atoms with Crippen molar-refractivity contribution in [2.75, 3.05) is 6.54 Å². The minimum absolute atomic E-state index is 0.000960. The van der Waals surface area contributed by atoms with Crippen LogP contribution in [0.5, 0.6) is 0 Å². The number of hydrogen-bond acceptors (Lipinski definition) is 8. The molecule has 55 heavy (non-hydrogen) atoms. The van der Waals surface area contributed by atoms with Crippen LogP contribution < -0.4 is 26.6 Å². The van der Waals surface area contributed by atoms with E-state index in [1.165, 1.54) is 19.1 Å². The molecule has 0 spiro atoms. The smallest absolute Gasteiger partial charge is 0.330 e. The minimum Gasteiger partial charge on any atom is -0.458 e. The van der Waals surface area contributed by atoms with E-state index in [9.17, 15) is 28.8 Å². The quantitative estimate of drug-likeness (QED) is 0.0959. The Hall–Kier alpha value is -5.85. The molecule has 2 heterocycles. The van der Waals surface area contributed by atoms with Crippen LogP contribution in [0.25, 0.3) is 11.3 Å². The Kier molecular flexibility index (Phi) is 15.7. The molecule has 0 radical (unpaired) electrons. The summed E-state index contributed by atoms with van der Waals surface area (Å²) in [6.07, 6.45) is 5.53. The van der Waals surface area contributed by atoms with Gasteiger partial charge in [-0.2, -0.15) is 0 Å². The van der Waals surface area contributed by atoms with Gasteiger partial charge in [0.05, 0.1) is 5.69 Å². The third-order valence-corrected chi connectivity index (χ3v) is 9.15. The Morgan fingerprint density at radius 3 is 2.16 bits per heavy atom. The molecule has 3 aromatic rings. The summed E-state index contributed by atoms with van der Waals surface area (Å²) in [5.74, 6) is -3.59. The van der Waals surface area contributed by atoms with E-state index in [-0.39, 0.29) is 43.1 Å². The summed E-state index contributed by atoms with van der Waals surface area (Å²) in [7, 11) is 0. The van der Waals surface area contributed by atoms with E-state index in [2.05, 4.69) is 31.6 Å². The van der Waals surface area contributed by atoms with Gasteiger partial charge in [0, 0.05) is 41.9 Å².